The fraction of sp³-hybridized carbons (Fsp3) is 0. The molecule has 1 heterocycles. The number of halogens is 2. The first kappa shape index (κ1) is 17.7. The van der Waals surface area contributed by atoms with E-state index in [2.05, 4.69) is 15.6 Å². The van der Waals surface area contributed by atoms with E-state index in [1.807, 2.05) is 6.07 Å². The summed E-state index contributed by atoms with van der Waals surface area (Å²) in [5.41, 5.74) is 2.35. The maximum absolute atomic E-state index is 12.4. The van der Waals surface area contributed by atoms with Crippen molar-refractivity contribution in [3.05, 3.63) is 82.1 Å². The molecular formula is C19H12Cl2N4O. The van der Waals surface area contributed by atoms with Crippen molar-refractivity contribution < 1.29 is 4.79 Å². The van der Waals surface area contributed by atoms with Gasteiger partial charge in [-0.05, 0) is 42.5 Å². The third kappa shape index (κ3) is 4.12. The van der Waals surface area contributed by atoms with Crippen LogP contribution in [-0.4, -0.2) is 10.9 Å². The lowest BCUT2D eigenvalue weighted by Crippen LogP contribution is -2.13. The molecule has 3 aromatic rings. The summed E-state index contributed by atoms with van der Waals surface area (Å²) in [6, 6.07) is 17.1. The van der Waals surface area contributed by atoms with E-state index in [9.17, 15) is 4.79 Å². The lowest BCUT2D eigenvalue weighted by molar-refractivity contribution is 0.102. The highest BCUT2D eigenvalue weighted by Crippen LogP contribution is 2.32. The Bertz CT molecular complexity index is 994. The lowest BCUT2D eigenvalue weighted by Gasteiger charge is -2.11. The quantitative estimate of drug-likeness (QED) is 0.645. The van der Waals surface area contributed by atoms with Crippen LogP contribution in [0.25, 0.3) is 0 Å². The van der Waals surface area contributed by atoms with Gasteiger partial charge in [-0.3, -0.25) is 9.78 Å². The van der Waals surface area contributed by atoms with Gasteiger partial charge in [0, 0.05) is 17.6 Å². The zero-order chi connectivity index (χ0) is 18.5. The van der Waals surface area contributed by atoms with E-state index in [0.717, 1.165) is 0 Å². The molecule has 0 saturated heterocycles. The van der Waals surface area contributed by atoms with E-state index >= 15 is 0 Å². The third-order valence-electron chi connectivity index (χ3n) is 3.47. The van der Waals surface area contributed by atoms with Gasteiger partial charge in [0.2, 0.25) is 0 Å². The maximum atomic E-state index is 12.4. The van der Waals surface area contributed by atoms with Gasteiger partial charge in [0.25, 0.3) is 5.91 Å². The number of aromatic nitrogens is 1. The molecule has 0 saturated carbocycles. The second-order valence-electron chi connectivity index (χ2n) is 5.30. The van der Waals surface area contributed by atoms with Crippen LogP contribution in [0, 0.1) is 11.3 Å². The molecule has 26 heavy (non-hydrogen) atoms. The predicted octanol–water partition coefficient (Wildman–Crippen LogP) is 5.26. The second-order valence-corrected chi connectivity index (χ2v) is 6.11. The predicted molar refractivity (Wildman–Crippen MR) is 103 cm³/mol. The molecule has 2 aromatic carbocycles. The standard InChI is InChI=1S/C19H12Cl2N4O/c20-15-5-2-6-16(21)18(15)24-14-7-8-23-17(10-14)19(26)25-13-4-1-3-12(9-13)11-22/h1-10H,(H,23,24)(H,25,26). The summed E-state index contributed by atoms with van der Waals surface area (Å²) >= 11 is 12.3. The molecule has 1 aromatic heterocycles. The minimum atomic E-state index is -0.394. The topological polar surface area (TPSA) is 77.8 Å². The molecule has 0 aliphatic rings. The Morgan fingerprint density at radius 2 is 1.73 bits per heavy atom. The van der Waals surface area contributed by atoms with Crippen LogP contribution >= 0.6 is 23.2 Å². The number of pyridine rings is 1. The van der Waals surface area contributed by atoms with E-state index < -0.39 is 5.91 Å². The van der Waals surface area contributed by atoms with Crippen LogP contribution in [0.4, 0.5) is 17.1 Å². The molecule has 2 N–H and O–H groups in total. The summed E-state index contributed by atoms with van der Waals surface area (Å²) in [6.45, 7) is 0. The number of rotatable bonds is 4. The number of carbonyl (C=O) groups is 1. The summed E-state index contributed by atoms with van der Waals surface area (Å²) in [7, 11) is 0. The van der Waals surface area contributed by atoms with Crippen molar-refractivity contribution in [1.29, 1.82) is 5.26 Å². The van der Waals surface area contributed by atoms with Gasteiger partial charge in [0.05, 0.1) is 27.4 Å². The molecule has 3 rings (SSSR count). The molecule has 0 aliphatic carbocycles. The van der Waals surface area contributed by atoms with Crippen LogP contribution in [0.1, 0.15) is 16.1 Å². The first-order chi connectivity index (χ1) is 12.6. The number of anilines is 3. The fourth-order valence-electron chi connectivity index (χ4n) is 2.26. The normalized spacial score (nSPS) is 10.0. The van der Waals surface area contributed by atoms with Gasteiger partial charge >= 0.3 is 0 Å². The molecule has 0 bridgehead atoms. The summed E-state index contributed by atoms with van der Waals surface area (Å²) < 4.78 is 0. The maximum Gasteiger partial charge on any atom is 0.274 e. The van der Waals surface area contributed by atoms with Crippen molar-refractivity contribution in [1.82, 2.24) is 4.98 Å². The number of hydrogen-bond acceptors (Lipinski definition) is 4. The Labute approximate surface area is 160 Å². The Hall–Kier alpha value is -3.07. The number of nitrogens with one attached hydrogen (secondary N) is 2. The van der Waals surface area contributed by atoms with Crippen molar-refractivity contribution in [2.45, 2.75) is 0 Å². The smallest absolute Gasteiger partial charge is 0.274 e. The average Bonchev–Trinajstić information content (AvgIpc) is 2.65. The Kier molecular flexibility index (Phi) is 5.37. The van der Waals surface area contributed by atoms with Crippen LogP contribution < -0.4 is 10.6 Å². The number of hydrogen-bond donors (Lipinski definition) is 2. The third-order valence-corrected chi connectivity index (χ3v) is 4.10. The van der Waals surface area contributed by atoms with E-state index in [-0.39, 0.29) is 5.69 Å². The van der Waals surface area contributed by atoms with Crippen LogP contribution in [0.3, 0.4) is 0 Å². The van der Waals surface area contributed by atoms with Gasteiger partial charge in [-0.1, -0.05) is 35.3 Å². The number of amides is 1. The summed E-state index contributed by atoms with van der Waals surface area (Å²) in [4.78, 5) is 16.5. The van der Waals surface area contributed by atoms with E-state index in [0.29, 0.717) is 32.7 Å². The summed E-state index contributed by atoms with van der Waals surface area (Å²) in [5.74, 6) is -0.394. The minimum absolute atomic E-state index is 0.209. The Morgan fingerprint density at radius 1 is 1.00 bits per heavy atom. The largest absolute Gasteiger partial charge is 0.353 e. The van der Waals surface area contributed by atoms with E-state index in [1.54, 1.807) is 54.6 Å². The molecule has 0 fully saturated rings. The minimum Gasteiger partial charge on any atom is -0.353 e. The molecule has 0 aliphatic heterocycles. The van der Waals surface area contributed by atoms with Gasteiger partial charge in [0.15, 0.2) is 0 Å². The lowest BCUT2D eigenvalue weighted by atomic mass is 10.2. The van der Waals surface area contributed by atoms with Crippen molar-refractivity contribution in [3.63, 3.8) is 0 Å². The zero-order valence-electron chi connectivity index (χ0n) is 13.3. The van der Waals surface area contributed by atoms with Crippen molar-refractivity contribution >= 4 is 46.2 Å². The number of carbonyl (C=O) groups excluding carboxylic acids is 1. The monoisotopic (exact) mass is 382 g/mol. The van der Waals surface area contributed by atoms with Gasteiger partial charge < -0.3 is 10.6 Å². The molecule has 0 unspecified atom stereocenters. The molecule has 128 valence electrons. The molecule has 0 spiro atoms. The summed E-state index contributed by atoms with van der Waals surface area (Å²) in [5, 5.41) is 15.7. The molecule has 1 amide bonds. The Morgan fingerprint density at radius 3 is 2.46 bits per heavy atom. The van der Waals surface area contributed by atoms with Crippen molar-refractivity contribution in [3.8, 4) is 6.07 Å². The molecule has 5 nitrogen and oxygen atoms in total. The number of para-hydroxylation sites is 1. The highest BCUT2D eigenvalue weighted by Gasteiger charge is 2.11. The Balaban J connectivity index is 1.80. The molecule has 0 radical (unpaired) electrons. The van der Waals surface area contributed by atoms with Crippen molar-refractivity contribution in [2.75, 3.05) is 10.6 Å². The summed E-state index contributed by atoms with van der Waals surface area (Å²) in [6.07, 6.45) is 1.51. The SMILES string of the molecule is N#Cc1cccc(NC(=O)c2cc(Nc3c(Cl)cccc3Cl)ccn2)c1. The highest BCUT2D eigenvalue weighted by molar-refractivity contribution is 6.39. The van der Waals surface area contributed by atoms with E-state index in [4.69, 9.17) is 28.5 Å². The van der Waals surface area contributed by atoms with E-state index in [1.165, 1.54) is 6.20 Å². The number of nitriles is 1. The number of benzene rings is 2. The van der Waals surface area contributed by atoms with Crippen LogP contribution in [0.2, 0.25) is 10.0 Å². The first-order valence-electron chi connectivity index (χ1n) is 7.55. The van der Waals surface area contributed by atoms with Gasteiger partial charge in [0.1, 0.15) is 5.69 Å². The van der Waals surface area contributed by atoms with Gasteiger partial charge in [-0.2, -0.15) is 5.26 Å². The van der Waals surface area contributed by atoms with Crippen LogP contribution in [-0.2, 0) is 0 Å². The van der Waals surface area contributed by atoms with Crippen LogP contribution in [0.15, 0.2) is 60.8 Å². The highest BCUT2D eigenvalue weighted by atomic mass is 35.5. The fourth-order valence-corrected chi connectivity index (χ4v) is 2.75. The van der Waals surface area contributed by atoms with Gasteiger partial charge in [-0.25, -0.2) is 0 Å². The van der Waals surface area contributed by atoms with Crippen molar-refractivity contribution in [2.24, 2.45) is 0 Å². The first-order valence-corrected chi connectivity index (χ1v) is 8.31. The second kappa shape index (κ2) is 7.87. The average molecular weight is 383 g/mol. The molecule has 0 atom stereocenters. The van der Waals surface area contributed by atoms with Crippen LogP contribution in [0.5, 0.6) is 0 Å². The zero-order valence-corrected chi connectivity index (χ0v) is 14.8. The molecule has 7 heteroatoms. The number of nitrogens with zero attached hydrogens (tertiary/aromatic N) is 2. The molecular weight excluding hydrogens is 371 g/mol. The van der Waals surface area contributed by atoms with Gasteiger partial charge in [-0.15, -0.1) is 0 Å².